The maximum absolute atomic E-state index is 9.53. The van der Waals surface area contributed by atoms with Crippen molar-refractivity contribution in [3.05, 3.63) is 9.66 Å². The van der Waals surface area contributed by atoms with Crippen molar-refractivity contribution in [2.45, 2.75) is 44.8 Å². The van der Waals surface area contributed by atoms with E-state index in [1.807, 2.05) is 0 Å². The van der Waals surface area contributed by atoms with Crippen LogP contribution < -0.4 is 0 Å². The maximum atomic E-state index is 9.53. The first kappa shape index (κ1) is 11.0. The predicted molar refractivity (Wildman–Crippen MR) is 68.1 cm³/mol. The lowest BCUT2D eigenvalue weighted by Gasteiger charge is -2.11. The van der Waals surface area contributed by atoms with Crippen molar-refractivity contribution in [1.82, 2.24) is 14.8 Å². The Balaban J connectivity index is 1.86. The molecule has 1 heterocycles. The molecule has 0 amide bonds. The number of fused-ring (bicyclic) bond motifs is 1. The molecule has 5 heteroatoms. The normalized spacial score (nSPS) is 36.8. The Hall–Kier alpha value is -0.170. The van der Waals surface area contributed by atoms with Crippen LogP contribution in [0.1, 0.15) is 44.5 Å². The Morgan fingerprint density at radius 2 is 2.00 bits per heavy atom. The summed E-state index contributed by atoms with van der Waals surface area (Å²) in [5, 5.41) is 14.0. The van der Waals surface area contributed by atoms with Crippen LogP contribution in [0.4, 0.5) is 0 Å². The van der Waals surface area contributed by atoms with Gasteiger partial charge in [0, 0.05) is 34.6 Å². The molecule has 3 rings (SSSR count). The van der Waals surface area contributed by atoms with E-state index in [1.54, 1.807) is 0 Å². The zero-order valence-corrected chi connectivity index (χ0v) is 11.6. The van der Waals surface area contributed by atoms with Gasteiger partial charge in [-0.3, -0.25) is 0 Å². The van der Waals surface area contributed by atoms with Crippen molar-refractivity contribution in [2.24, 2.45) is 11.8 Å². The molecule has 4 nitrogen and oxygen atoms in total. The van der Waals surface area contributed by atoms with E-state index in [0.717, 1.165) is 22.5 Å². The molecule has 88 valence electrons. The molecular formula is C11H16IN3O. The first-order chi connectivity index (χ1) is 7.58. The highest BCUT2D eigenvalue weighted by Gasteiger charge is 2.58. The number of hydrogen-bond donors (Lipinski definition) is 1. The van der Waals surface area contributed by atoms with Crippen LogP contribution in [0.3, 0.4) is 0 Å². The SMILES string of the molecule is CC(C)n1nc(I)nc1C1[C@H]2CC(O)C[C@@H]12. The monoisotopic (exact) mass is 333 g/mol. The van der Waals surface area contributed by atoms with Gasteiger partial charge in [0.15, 0.2) is 0 Å². The van der Waals surface area contributed by atoms with E-state index in [2.05, 4.69) is 51.2 Å². The molecule has 1 aromatic rings. The van der Waals surface area contributed by atoms with E-state index in [0.29, 0.717) is 23.8 Å². The van der Waals surface area contributed by atoms with Gasteiger partial charge in [0.25, 0.3) is 0 Å². The van der Waals surface area contributed by atoms with E-state index >= 15 is 0 Å². The lowest BCUT2D eigenvalue weighted by molar-refractivity contribution is 0.164. The van der Waals surface area contributed by atoms with Crippen LogP contribution in [0.15, 0.2) is 0 Å². The van der Waals surface area contributed by atoms with Crippen molar-refractivity contribution < 1.29 is 5.11 Å². The van der Waals surface area contributed by atoms with Crippen molar-refractivity contribution >= 4 is 22.6 Å². The second-order valence-corrected chi connectivity index (χ2v) is 6.22. The molecule has 1 N–H and O–H groups in total. The number of aromatic nitrogens is 3. The average Bonchev–Trinajstić information content (AvgIpc) is 2.60. The van der Waals surface area contributed by atoms with E-state index in [1.165, 1.54) is 0 Å². The fourth-order valence-electron chi connectivity index (χ4n) is 3.11. The van der Waals surface area contributed by atoms with Crippen LogP contribution in [0.25, 0.3) is 0 Å². The van der Waals surface area contributed by atoms with Gasteiger partial charge in [-0.2, -0.15) is 0 Å². The minimum atomic E-state index is -0.0688. The molecule has 0 radical (unpaired) electrons. The number of hydrogen-bond acceptors (Lipinski definition) is 3. The van der Waals surface area contributed by atoms with E-state index < -0.39 is 0 Å². The second-order valence-electron chi connectivity index (χ2n) is 5.26. The summed E-state index contributed by atoms with van der Waals surface area (Å²) in [5.41, 5.74) is 0. The third-order valence-corrected chi connectivity index (χ3v) is 4.30. The first-order valence-corrected chi connectivity index (χ1v) is 6.95. The average molecular weight is 333 g/mol. The summed E-state index contributed by atoms with van der Waals surface area (Å²) in [7, 11) is 0. The topological polar surface area (TPSA) is 50.9 Å². The molecule has 4 atom stereocenters. The molecule has 0 bridgehead atoms. The van der Waals surface area contributed by atoms with Crippen LogP contribution >= 0.6 is 22.6 Å². The number of nitrogens with zero attached hydrogens (tertiary/aromatic N) is 3. The Morgan fingerprint density at radius 3 is 2.56 bits per heavy atom. The first-order valence-electron chi connectivity index (χ1n) is 5.88. The lowest BCUT2D eigenvalue weighted by atomic mass is 10.1. The van der Waals surface area contributed by atoms with Gasteiger partial charge < -0.3 is 5.11 Å². The highest BCUT2D eigenvalue weighted by molar-refractivity contribution is 14.1. The molecule has 2 fully saturated rings. The lowest BCUT2D eigenvalue weighted by Crippen LogP contribution is -2.11. The molecule has 2 aliphatic carbocycles. The Kier molecular flexibility index (Phi) is 2.51. The van der Waals surface area contributed by atoms with Gasteiger partial charge in [-0.05, 0) is 38.5 Å². The largest absolute Gasteiger partial charge is 0.393 e. The molecule has 2 aliphatic rings. The minimum absolute atomic E-state index is 0.0688. The number of aliphatic hydroxyl groups is 1. The summed E-state index contributed by atoms with van der Waals surface area (Å²) in [5.74, 6) is 3.02. The van der Waals surface area contributed by atoms with Gasteiger partial charge in [0.2, 0.25) is 3.83 Å². The molecular weight excluding hydrogens is 317 g/mol. The van der Waals surface area contributed by atoms with Crippen molar-refractivity contribution in [3.63, 3.8) is 0 Å². The third kappa shape index (κ3) is 1.59. The van der Waals surface area contributed by atoms with Crippen LogP contribution in [0.2, 0.25) is 0 Å². The maximum Gasteiger partial charge on any atom is 0.211 e. The fourth-order valence-corrected chi connectivity index (χ4v) is 3.59. The van der Waals surface area contributed by atoms with Crippen LogP contribution in [-0.4, -0.2) is 26.0 Å². The quantitative estimate of drug-likeness (QED) is 0.842. The molecule has 0 spiro atoms. The molecule has 0 aromatic carbocycles. The summed E-state index contributed by atoms with van der Waals surface area (Å²) in [6, 6.07) is 0.372. The van der Waals surface area contributed by atoms with E-state index in [-0.39, 0.29) is 6.10 Å². The standard InChI is InChI=1S/C11H16IN3O/c1-5(2)15-10(13-11(12)14-15)9-7-3-6(16)4-8(7)9/h5-9,16H,3-4H2,1-2H3/t6?,7-,8+,9?. The van der Waals surface area contributed by atoms with Gasteiger partial charge in [0.1, 0.15) is 5.82 Å². The molecule has 2 unspecified atom stereocenters. The number of halogens is 1. The zero-order valence-electron chi connectivity index (χ0n) is 9.47. The van der Waals surface area contributed by atoms with Crippen molar-refractivity contribution in [3.8, 4) is 0 Å². The Bertz CT molecular complexity index is 405. The third-order valence-electron chi connectivity index (χ3n) is 3.84. The molecule has 0 saturated heterocycles. The van der Waals surface area contributed by atoms with Crippen molar-refractivity contribution in [1.29, 1.82) is 0 Å². The van der Waals surface area contributed by atoms with Crippen LogP contribution in [0, 0.1) is 15.7 Å². The Morgan fingerprint density at radius 1 is 1.38 bits per heavy atom. The molecule has 0 aliphatic heterocycles. The molecule has 2 saturated carbocycles. The highest BCUT2D eigenvalue weighted by Crippen LogP contribution is 2.62. The summed E-state index contributed by atoms with van der Waals surface area (Å²) in [4.78, 5) is 4.56. The number of rotatable bonds is 2. The fraction of sp³-hybridized carbons (Fsp3) is 0.818. The van der Waals surface area contributed by atoms with Gasteiger partial charge in [-0.15, -0.1) is 5.10 Å². The summed E-state index contributed by atoms with van der Waals surface area (Å²) in [6.07, 6.45) is 1.84. The Labute approximate surface area is 109 Å². The van der Waals surface area contributed by atoms with Crippen molar-refractivity contribution in [2.75, 3.05) is 0 Å². The predicted octanol–water partition coefficient (Wildman–Crippen LogP) is 1.95. The summed E-state index contributed by atoms with van der Waals surface area (Å²) >= 11 is 2.18. The summed E-state index contributed by atoms with van der Waals surface area (Å²) in [6.45, 7) is 4.28. The number of aliphatic hydroxyl groups excluding tert-OH is 1. The van der Waals surface area contributed by atoms with Gasteiger partial charge in [0.05, 0.1) is 6.10 Å². The highest BCUT2D eigenvalue weighted by atomic mass is 127. The van der Waals surface area contributed by atoms with Gasteiger partial charge in [-0.25, -0.2) is 9.67 Å². The minimum Gasteiger partial charge on any atom is -0.393 e. The summed E-state index contributed by atoms with van der Waals surface area (Å²) < 4.78 is 2.89. The van der Waals surface area contributed by atoms with Crippen LogP contribution in [0.5, 0.6) is 0 Å². The van der Waals surface area contributed by atoms with Gasteiger partial charge >= 0.3 is 0 Å². The second kappa shape index (κ2) is 3.66. The molecule has 16 heavy (non-hydrogen) atoms. The smallest absolute Gasteiger partial charge is 0.211 e. The zero-order chi connectivity index (χ0) is 11.4. The van der Waals surface area contributed by atoms with E-state index in [4.69, 9.17) is 0 Å². The molecule has 1 aromatic heterocycles. The van der Waals surface area contributed by atoms with E-state index in [9.17, 15) is 5.11 Å². The van der Waals surface area contributed by atoms with Crippen LogP contribution in [-0.2, 0) is 0 Å². The van der Waals surface area contributed by atoms with Gasteiger partial charge in [-0.1, -0.05) is 0 Å².